The molecule has 11 nitrogen and oxygen atoms in total. The Hall–Kier alpha value is -3.83. The van der Waals surface area contributed by atoms with Gasteiger partial charge < -0.3 is 25.7 Å². The molecule has 0 aliphatic carbocycles. The Balaban J connectivity index is 0.000000556. The third kappa shape index (κ3) is 9.35. The van der Waals surface area contributed by atoms with Gasteiger partial charge in [0.25, 0.3) is 5.91 Å². The van der Waals surface area contributed by atoms with Gasteiger partial charge in [-0.05, 0) is 31.9 Å². The number of likely N-dealkylation sites (tertiary alicyclic amines) is 1. The smallest absolute Gasteiger partial charge is 0.328 e. The first-order chi connectivity index (χ1) is 15.8. The summed E-state index contributed by atoms with van der Waals surface area (Å²) in [6.07, 6.45) is 4.89. The van der Waals surface area contributed by atoms with Crippen molar-refractivity contribution in [2.45, 2.75) is 32.4 Å². The SMILES string of the molecule is COc1nc(C)ncc1C(=O)NCC1CCCN1Cc1ccccc1.O.O=C(O)/C=C\C(=O)O. The maximum Gasteiger partial charge on any atom is 0.328 e. The standard InChI is InChI=1S/C19H24N4O2.C4H4O4.H2O/c1-14-20-12-17(19(22-14)25-2)18(24)21-11-16-9-6-10-23(16)13-15-7-4-3-5-8-15;5-3(6)1-2-4(7)8;/h3-5,7-8,12,16H,6,9-11,13H2,1-2H3,(H,21,24);1-2H,(H,5,6)(H,7,8);1H2/b;2-1-;. The number of benzene rings is 1. The van der Waals surface area contributed by atoms with Crippen LogP contribution in [0.2, 0.25) is 0 Å². The number of aliphatic carboxylic acids is 2. The number of hydrogen-bond donors (Lipinski definition) is 3. The largest absolute Gasteiger partial charge is 0.480 e. The van der Waals surface area contributed by atoms with Gasteiger partial charge >= 0.3 is 11.9 Å². The number of carboxylic acids is 2. The summed E-state index contributed by atoms with van der Waals surface area (Å²) in [6.45, 7) is 4.36. The van der Waals surface area contributed by atoms with E-state index in [0.29, 0.717) is 42.0 Å². The lowest BCUT2D eigenvalue weighted by atomic mass is 10.1. The van der Waals surface area contributed by atoms with Gasteiger partial charge in [0.2, 0.25) is 5.88 Å². The van der Waals surface area contributed by atoms with Gasteiger partial charge in [0, 0.05) is 37.5 Å². The molecule has 1 fully saturated rings. The first-order valence-corrected chi connectivity index (χ1v) is 10.4. The summed E-state index contributed by atoms with van der Waals surface area (Å²) in [5.74, 6) is -1.81. The van der Waals surface area contributed by atoms with Crippen molar-refractivity contribution < 1.29 is 34.8 Å². The minimum absolute atomic E-state index is 0. The van der Waals surface area contributed by atoms with E-state index in [0.717, 1.165) is 25.9 Å². The summed E-state index contributed by atoms with van der Waals surface area (Å²) in [7, 11) is 1.51. The average Bonchev–Trinajstić information content (AvgIpc) is 3.24. The lowest BCUT2D eigenvalue weighted by Gasteiger charge is -2.24. The van der Waals surface area contributed by atoms with Crippen molar-refractivity contribution in [3.63, 3.8) is 0 Å². The van der Waals surface area contributed by atoms with Crippen LogP contribution in [0.5, 0.6) is 5.88 Å². The molecule has 11 heteroatoms. The number of nitrogens with zero attached hydrogens (tertiary/aromatic N) is 3. The molecule has 1 aromatic carbocycles. The van der Waals surface area contributed by atoms with E-state index in [9.17, 15) is 14.4 Å². The number of carbonyl (C=O) groups excluding carboxylic acids is 1. The molecule has 1 amide bonds. The van der Waals surface area contributed by atoms with Crippen molar-refractivity contribution in [3.05, 3.63) is 65.6 Å². The van der Waals surface area contributed by atoms with Crippen LogP contribution in [0.3, 0.4) is 0 Å². The summed E-state index contributed by atoms with van der Waals surface area (Å²) in [6, 6.07) is 10.8. The predicted octanol–water partition coefficient (Wildman–Crippen LogP) is 1.08. The second kappa shape index (κ2) is 14.3. The van der Waals surface area contributed by atoms with Gasteiger partial charge in [0.05, 0.1) is 7.11 Å². The third-order valence-electron chi connectivity index (χ3n) is 4.91. The fourth-order valence-electron chi connectivity index (χ4n) is 3.36. The lowest BCUT2D eigenvalue weighted by Crippen LogP contribution is -2.40. The Morgan fingerprint density at radius 1 is 1.18 bits per heavy atom. The minimum atomic E-state index is -1.26. The van der Waals surface area contributed by atoms with Crippen molar-refractivity contribution in [1.29, 1.82) is 0 Å². The summed E-state index contributed by atoms with van der Waals surface area (Å²) in [5, 5.41) is 18.6. The number of hydrogen-bond acceptors (Lipinski definition) is 7. The molecule has 1 aliphatic rings. The fraction of sp³-hybridized carbons (Fsp3) is 0.348. The van der Waals surface area contributed by atoms with E-state index < -0.39 is 11.9 Å². The van der Waals surface area contributed by atoms with E-state index in [1.165, 1.54) is 18.9 Å². The van der Waals surface area contributed by atoms with E-state index >= 15 is 0 Å². The quantitative estimate of drug-likeness (QED) is 0.473. The first-order valence-electron chi connectivity index (χ1n) is 10.4. The lowest BCUT2D eigenvalue weighted by molar-refractivity contribution is -0.134. The number of aryl methyl sites for hydroxylation is 1. The van der Waals surface area contributed by atoms with Crippen LogP contribution in [0.25, 0.3) is 0 Å². The highest BCUT2D eigenvalue weighted by molar-refractivity contribution is 5.96. The molecule has 0 saturated carbocycles. The summed E-state index contributed by atoms with van der Waals surface area (Å²) < 4.78 is 5.20. The Morgan fingerprint density at radius 2 is 1.82 bits per heavy atom. The number of methoxy groups -OCH3 is 1. The second-order valence-electron chi connectivity index (χ2n) is 7.31. The molecule has 1 aromatic heterocycles. The molecule has 34 heavy (non-hydrogen) atoms. The van der Waals surface area contributed by atoms with Gasteiger partial charge in [0.15, 0.2) is 0 Å². The molecule has 1 saturated heterocycles. The first kappa shape index (κ1) is 28.2. The number of aromatic nitrogens is 2. The third-order valence-corrected chi connectivity index (χ3v) is 4.91. The molecular formula is C23H30N4O7. The second-order valence-corrected chi connectivity index (χ2v) is 7.31. The molecule has 0 spiro atoms. The number of nitrogens with one attached hydrogen (secondary N) is 1. The Bertz CT molecular complexity index is 967. The molecule has 1 aliphatic heterocycles. The maximum atomic E-state index is 12.5. The number of carboxylic acid groups (broad SMARTS) is 2. The van der Waals surface area contributed by atoms with Crippen molar-refractivity contribution in [2.24, 2.45) is 0 Å². The molecule has 184 valence electrons. The van der Waals surface area contributed by atoms with E-state index in [4.69, 9.17) is 14.9 Å². The van der Waals surface area contributed by atoms with Gasteiger partial charge in [-0.1, -0.05) is 30.3 Å². The molecule has 0 bridgehead atoms. The van der Waals surface area contributed by atoms with Gasteiger partial charge in [0.1, 0.15) is 11.4 Å². The topological polar surface area (TPSA) is 173 Å². The molecule has 0 radical (unpaired) electrons. The molecule has 5 N–H and O–H groups in total. The summed E-state index contributed by atoms with van der Waals surface area (Å²) in [5.41, 5.74) is 1.68. The van der Waals surface area contributed by atoms with Crippen LogP contribution in [-0.4, -0.2) is 74.6 Å². The number of amides is 1. The van der Waals surface area contributed by atoms with Crippen LogP contribution >= 0.6 is 0 Å². The number of rotatable bonds is 8. The van der Waals surface area contributed by atoms with E-state index in [1.54, 1.807) is 6.92 Å². The fourth-order valence-corrected chi connectivity index (χ4v) is 3.36. The van der Waals surface area contributed by atoms with E-state index in [-0.39, 0.29) is 11.4 Å². The van der Waals surface area contributed by atoms with Crippen LogP contribution in [0.4, 0.5) is 0 Å². The van der Waals surface area contributed by atoms with Crippen molar-refractivity contribution >= 4 is 17.8 Å². The van der Waals surface area contributed by atoms with Gasteiger partial charge in [-0.3, -0.25) is 9.69 Å². The normalized spacial score (nSPS) is 15.1. The molecular weight excluding hydrogens is 444 g/mol. The highest BCUT2D eigenvalue weighted by Crippen LogP contribution is 2.20. The van der Waals surface area contributed by atoms with E-state index in [2.05, 4.69) is 44.5 Å². The van der Waals surface area contributed by atoms with Gasteiger partial charge in [-0.15, -0.1) is 0 Å². The van der Waals surface area contributed by atoms with Crippen molar-refractivity contribution in [1.82, 2.24) is 20.2 Å². The monoisotopic (exact) mass is 474 g/mol. The van der Waals surface area contributed by atoms with Gasteiger partial charge in [-0.25, -0.2) is 14.6 Å². The van der Waals surface area contributed by atoms with Crippen LogP contribution < -0.4 is 10.1 Å². The van der Waals surface area contributed by atoms with Crippen LogP contribution in [0, 0.1) is 6.92 Å². The van der Waals surface area contributed by atoms with Crippen LogP contribution in [-0.2, 0) is 16.1 Å². The zero-order valence-electron chi connectivity index (χ0n) is 19.1. The Labute approximate surface area is 197 Å². The zero-order chi connectivity index (χ0) is 24.2. The highest BCUT2D eigenvalue weighted by atomic mass is 16.5. The Morgan fingerprint density at radius 3 is 2.41 bits per heavy atom. The zero-order valence-corrected chi connectivity index (χ0v) is 19.1. The van der Waals surface area contributed by atoms with Crippen LogP contribution in [0.1, 0.15) is 34.6 Å². The summed E-state index contributed by atoms with van der Waals surface area (Å²) >= 11 is 0. The van der Waals surface area contributed by atoms with Crippen molar-refractivity contribution in [2.75, 3.05) is 20.2 Å². The molecule has 2 aromatic rings. The van der Waals surface area contributed by atoms with E-state index in [1.807, 2.05) is 6.07 Å². The molecule has 1 atom stereocenters. The highest BCUT2D eigenvalue weighted by Gasteiger charge is 2.25. The minimum Gasteiger partial charge on any atom is -0.480 e. The average molecular weight is 475 g/mol. The Kier molecular flexibility index (Phi) is 11.9. The number of carbonyl (C=O) groups is 3. The predicted molar refractivity (Wildman–Crippen MR) is 124 cm³/mol. The van der Waals surface area contributed by atoms with Crippen molar-refractivity contribution in [3.8, 4) is 5.88 Å². The molecule has 1 unspecified atom stereocenters. The summed E-state index contributed by atoms with van der Waals surface area (Å²) in [4.78, 5) is 42.3. The maximum absolute atomic E-state index is 12.5. The molecule has 3 rings (SSSR count). The van der Waals surface area contributed by atoms with Crippen LogP contribution in [0.15, 0.2) is 48.7 Å². The molecule has 2 heterocycles. The van der Waals surface area contributed by atoms with Gasteiger partial charge in [-0.2, -0.15) is 4.98 Å². The number of ether oxygens (including phenoxy) is 1.